The number of nitrogens with zero attached hydrogens (tertiary/aromatic N) is 3. The van der Waals surface area contributed by atoms with Crippen LogP contribution in [0.25, 0.3) is 0 Å². The quantitative estimate of drug-likeness (QED) is 0.848. The van der Waals surface area contributed by atoms with Crippen LogP contribution in [-0.4, -0.2) is 35.0 Å². The highest BCUT2D eigenvalue weighted by atomic mass is 16.6. The predicted molar refractivity (Wildman–Crippen MR) is 91.2 cm³/mol. The van der Waals surface area contributed by atoms with E-state index >= 15 is 0 Å². The summed E-state index contributed by atoms with van der Waals surface area (Å²) >= 11 is 0. The molecule has 0 atom stereocenters. The number of aliphatic imine (C=N–C) groups is 1. The molecule has 1 aromatic heterocycles. The van der Waals surface area contributed by atoms with E-state index in [0.29, 0.717) is 5.82 Å². The Morgan fingerprint density at radius 3 is 2.65 bits per heavy atom. The molecule has 1 aliphatic carbocycles. The Morgan fingerprint density at radius 2 is 2.09 bits per heavy atom. The van der Waals surface area contributed by atoms with E-state index in [-0.39, 0.29) is 12.1 Å². The van der Waals surface area contributed by atoms with E-state index in [1.165, 1.54) is 0 Å². The van der Waals surface area contributed by atoms with Crippen molar-refractivity contribution in [2.45, 2.75) is 64.5 Å². The third kappa shape index (κ3) is 3.54. The van der Waals surface area contributed by atoms with Crippen LogP contribution in [0.1, 0.15) is 58.4 Å². The number of carbonyl (C=O) groups is 1. The molecular formula is C18H25N3O2. The largest absolute Gasteiger partial charge is 0.443 e. The summed E-state index contributed by atoms with van der Waals surface area (Å²) in [5, 5.41) is 0. The van der Waals surface area contributed by atoms with E-state index in [0.717, 1.165) is 49.9 Å². The zero-order chi connectivity index (χ0) is 16.4. The second kappa shape index (κ2) is 6.30. The lowest BCUT2D eigenvalue weighted by Crippen LogP contribution is -2.47. The fourth-order valence-electron chi connectivity index (χ4n) is 2.94. The summed E-state index contributed by atoms with van der Waals surface area (Å²) in [5.41, 5.74) is 1.52. The zero-order valence-corrected chi connectivity index (χ0v) is 14.2. The SMILES string of the molecule is CC(C)(C)OC(=O)N(c1ncccc1C1=NCCC1)C1CCC1. The van der Waals surface area contributed by atoms with E-state index < -0.39 is 5.60 Å². The van der Waals surface area contributed by atoms with Crippen molar-refractivity contribution in [2.75, 3.05) is 11.4 Å². The lowest BCUT2D eigenvalue weighted by molar-refractivity contribution is 0.0548. The highest BCUT2D eigenvalue weighted by Crippen LogP contribution is 2.33. The predicted octanol–water partition coefficient (Wildman–Crippen LogP) is 3.96. The topological polar surface area (TPSA) is 54.8 Å². The van der Waals surface area contributed by atoms with Crippen molar-refractivity contribution >= 4 is 17.6 Å². The molecule has 0 N–H and O–H groups in total. The van der Waals surface area contributed by atoms with Crippen LogP contribution < -0.4 is 4.90 Å². The fraction of sp³-hybridized carbons (Fsp3) is 0.611. The van der Waals surface area contributed by atoms with Gasteiger partial charge in [0.05, 0.1) is 0 Å². The van der Waals surface area contributed by atoms with Crippen LogP contribution in [0.3, 0.4) is 0 Å². The Balaban J connectivity index is 1.95. The van der Waals surface area contributed by atoms with E-state index in [1.807, 2.05) is 32.9 Å². The molecule has 1 saturated carbocycles. The van der Waals surface area contributed by atoms with Gasteiger partial charge in [-0.25, -0.2) is 9.78 Å². The molecule has 0 aromatic carbocycles. The number of hydrogen-bond donors (Lipinski definition) is 0. The van der Waals surface area contributed by atoms with Crippen molar-refractivity contribution in [2.24, 2.45) is 4.99 Å². The lowest BCUT2D eigenvalue weighted by atomic mass is 9.91. The summed E-state index contributed by atoms with van der Waals surface area (Å²) in [6.07, 6.45) is 6.60. The summed E-state index contributed by atoms with van der Waals surface area (Å²) < 4.78 is 5.64. The maximum atomic E-state index is 12.8. The van der Waals surface area contributed by atoms with Crippen molar-refractivity contribution in [1.29, 1.82) is 0 Å². The maximum Gasteiger partial charge on any atom is 0.416 e. The number of amides is 1. The second-order valence-electron chi connectivity index (χ2n) is 7.24. The molecule has 0 spiro atoms. The number of rotatable bonds is 3. The molecule has 0 bridgehead atoms. The van der Waals surface area contributed by atoms with Gasteiger partial charge in [0.1, 0.15) is 11.4 Å². The first-order chi connectivity index (χ1) is 11.0. The van der Waals surface area contributed by atoms with Crippen molar-refractivity contribution in [1.82, 2.24) is 4.98 Å². The zero-order valence-electron chi connectivity index (χ0n) is 14.2. The number of anilines is 1. The molecule has 23 heavy (non-hydrogen) atoms. The Hall–Kier alpha value is -1.91. The molecule has 5 heteroatoms. The van der Waals surface area contributed by atoms with Crippen LogP contribution in [-0.2, 0) is 4.74 Å². The third-order valence-corrected chi connectivity index (χ3v) is 4.23. The summed E-state index contributed by atoms with van der Waals surface area (Å²) in [6.45, 7) is 6.54. The number of pyridine rings is 1. The molecule has 1 fully saturated rings. The summed E-state index contributed by atoms with van der Waals surface area (Å²) in [7, 11) is 0. The van der Waals surface area contributed by atoms with E-state index in [4.69, 9.17) is 4.74 Å². The van der Waals surface area contributed by atoms with Crippen LogP contribution in [0, 0.1) is 0 Å². The Labute approximate surface area is 137 Å². The molecule has 3 rings (SSSR count). The molecule has 0 saturated heterocycles. The second-order valence-corrected chi connectivity index (χ2v) is 7.24. The van der Waals surface area contributed by atoms with Crippen molar-refractivity contribution in [3.8, 4) is 0 Å². The smallest absolute Gasteiger partial charge is 0.416 e. The Bertz CT molecular complexity index is 615. The van der Waals surface area contributed by atoms with Gasteiger partial charge in [0.15, 0.2) is 0 Å². The molecule has 1 aliphatic heterocycles. The van der Waals surface area contributed by atoms with Gasteiger partial charge in [-0.2, -0.15) is 0 Å². The minimum Gasteiger partial charge on any atom is -0.443 e. The number of ether oxygens (including phenoxy) is 1. The average molecular weight is 315 g/mol. The molecule has 1 aromatic rings. The molecular weight excluding hydrogens is 290 g/mol. The van der Waals surface area contributed by atoms with Gasteiger partial charge in [-0.3, -0.25) is 9.89 Å². The molecule has 2 aliphatic rings. The third-order valence-electron chi connectivity index (χ3n) is 4.23. The van der Waals surface area contributed by atoms with Crippen LogP contribution in [0.5, 0.6) is 0 Å². The average Bonchev–Trinajstić information content (AvgIpc) is 2.94. The normalized spacial score (nSPS) is 18.3. The van der Waals surface area contributed by atoms with Crippen LogP contribution in [0.4, 0.5) is 10.6 Å². The van der Waals surface area contributed by atoms with Gasteiger partial charge < -0.3 is 4.74 Å². The lowest BCUT2D eigenvalue weighted by Gasteiger charge is -2.38. The monoisotopic (exact) mass is 315 g/mol. The summed E-state index contributed by atoms with van der Waals surface area (Å²) in [6, 6.07) is 4.11. The molecule has 124 valence electrons. The maximum absolute atomic E-state index is 12.8. The van der Waals surface area contributed by atoms with E-state index in [2.05, 4.69) is 9.98 Å². The molecule has 5 nitrogen and oxygen atoms in total. The van der Waals surface area contributed by atoms with E-state index in [9.17, 15) is 4.79 Å². The van der Waals surface area contributed by atoms with Gasteiger partial charge in [0.25, 0.3) is 0 Å². The van der Waals surface area contributed by atoms with Crippen molar-refractivity contribution < 1.29 is 9.53 Å². The van der Waals surface area contributed by atoms with Crippen LogP contribution in [0.2, 0.25) is 0 Å². The van der Waals surface area contributed by atoms with Gasteiger partial charge in [0, 0.05) is 30.1 Å². The number of aromatic nitrogens is 1. The number of carbonyl (C=O) groups excluding carboxylic acids is 1. The first-order valence-electron chi connectivity index (χ1n) is 8.46. The van der Waals surface area contributed by atoms with Crippen LogP contribution in [0.15, 0.2) is 23.3 Å². The first-order valence-corrected chi connectivity index (χ1v) is 8.46. The Morgan fingerprint density at radius 1 is 1.30 bits per heavy atom. The highest BCUT2D eigenvalue weighted by molar-refractivity contribution is 6.07. The van der Waals surface area contributed by atoms with Gasteiger partial charge in [0.2, 0.25) is 0 Å². The van der Waals surface area contributed by atoms with E-state index in [1.54, 1.807) is 11.1 Å². The Kier molecular flexibility index (Phi) is 4.37. The van der Waals surface area contributed by atoms with Crippen molar-refractivity contribution in [3.63, 3.8) is 0 Å². The van der Waals surface area contributed by atoms with Gasteiger partial charge in [-0.1, -0.05) is 0 Å². The highest BCUT2D eigenvalue weighted by Gasteiger charge is 2.35. The van der Waals surface area contributed by atoms with Gasteiger partial charge in [-0.05, 0) is 65.0 Å². The minimum absolute atomic E-state index is 0.181. The number of hydrogen-bond acceptors (Lipinski definition) is 4. The summed E-state index contributed by atoms with van der Waals surface area (Å²) in [5.74, 6) is 0.701. The fourth-order valence-corrected chi connectivity index (χ4v) is 2.94. The molecule has 2 heterocycles. The van der Waals surface area contributed by atoms with Crippen molar-refractivity contribution in [3.05, 3.63) is 23.9 Å². The standard InChI is InChI=1S/C18H25N3O2/c1-18(2,3)23-17(22)21(13-7-4-8-13)16-14(9-5-12-20-16)15-10-6-11-19-15/h5,9,12-13H,4,6-8,10-11H2,1-3H3. The van der Waals surface area contributed by atoms with Crippen LogP contribution >= 0.6 is 0 Å². The van der Waals surface area contributed by atoms with Gasteiger partial charge in [-0.15, -0.1) is 0 Å². The molecule has 0 unspecified atom stereocenters. The first kappa shape index (κ1) is 16.0. The summed E-state index contributed by atoms with van der Waals surface area (Å²) in [4.78, 5) is 23.6. The molecule has 1 amide bonds. The minimum atomic E-state index is -0.515. The molecule has 0 radical (unpaired) electrons. The van der Waals surface area contributed by atoms with Gasteiger partial charge >= 0.3 is 6.09 Å².